The van der Waals surface area contributed by atoms with Crippen molar-refractivity contribution in [1.82, 2.24) is 14.7 Å². The fraction of sp³-hybridized carbons (Fsp3) is 0.500. The molecule has 1 saturated heterocycles. The van der Waals surface area contributed by atoms with E-state index in [0.717, 1.165) is 24.9 Å². The number of aryl methyl sites for hydroxylation is 1. The van der Waals surface area contributed by atoms with E-state index in [9.17, 15) is 9.59 Å². The summed E-state index contributed by atoms with van der Waals surface area (Å²) in [5.41, 5.74) is 0.674. The summed E-state index contributed by atoms with van der Waals surface area (Å²) in [5, 5.41) is 4.81. The number of likely N-dealkylation sites (tertiary alicyclic amines) is 1. The molecule has 6 nitrogen and oxygen atoms in total. The third kappa shape index (κ3) is 3.64. The number of benzene rings is 1. The summed E-state index contributed by atoms with van der Waals surface area (Å²) in [5.74, 6) is 0.115. The zero-order chi connectivity index (χ0) is 16.9. The van der Waals surface area contributed by atoms with Gasteiger partial charge in [-0.15, -0.1) is 0 Å². The highest BCUT2D eigenvalue weighted by Gasteiger charge is 2.23. The Morgan fingerprint density at radius 3 is 3.04 bits per heavy atom. The van der Waals surface area contributed by atoms with Crippen LogP contribution in [0.2, 0.25) is 0 Å². The van der Waals surface area contributed by atoms with Crippen molar-refractivity contribution in [3.05, 3.63) is 40.7 Å². The van der Waals surface area contributed by atoms with Gasteiger partial charge in [0.15, 0.2) is 0 Å². The summed E-state index contributed by atoms with van der Waals surface area (Å²) in [6, 6.07) is 7.36. The first-order chi connectivity index (χ1) is 11.7. The van der Waals surface area contributed by atoms with E-state index in [2.05, 4.69) is 5.10 Å². The summed E-state index contributed by atoms with van der Waals surface area (Å²) in [4.78, 5) is 26.2. The number of hydrogen-bond acceptors (Lipinski definition) is 4. The number of rotatable bonds is 5. The highest BCUT2D eigenvalue weighted by molar-refractivity contribution is 5.79. The summed E-state index contributed by atoms with van der Waals surface area (Å²) in [6.07, 6.45) is 3.84. The lowest BCUT2D eigenvalue weighted by atomic mass is 10.1. The quantitative estimate of drug-likeness (QED) is 0.839. The molecule has 6 heteroatoms. The topological polar surface area (TPSA) is 64.4 Å². The highest BCUT2D eigenvalue weighted by atomic mass is 16.5. The van der Waals surface area contributed by atoms with Crippen LogP contribution in [0.3, 0.4) is 0 Å². The van der Waals surface area contributed by atoms with Crippen molar-refractivity contribution in [3.8, 4) is 0 Å². The molecule has 0 bridgehead atoms. The molecule has 2 heterocycles. The smallest absolute Gasteiger partial charge is 0.224 e. The van der Waals surface area contributed by atoms with Gasteiger partial charge in [0.05, 0.1) is 24.4 Å². The van der Waals surface area contributed by atoms with Crippen molar-refractivity contribution >= 4 is 16.8 Å². The van der Waals surface area contributed by atoms with E-state index in [4.69, 9.17) is 4.74 Å². The maximum absolute atomic E-state index is 12.5. The lowest BCUT2D eigenvalue weighted by molar-refractivity contribution is -0.135. The first-order valence-electron chi connectivity index (χ1n) is 8.53. The van der Waals surface area contributed by atoms with Crippen LogP contribution in [-0.2, 0) is 16.1 Å². The fourth-order valence-corrected chi connectivity index (χ4v) is 3.24. The van der Waals surface area contributed by atoms with E-state index >= 15 is 0 Å². The predicted molar refractivity (Wildman–Crippen MR) is 91.8 cm³/mol. The largest absolute Gasteiger partial charge is 0.377 e. The van der Waals surface area contributed by atoms with E-state index in [-0.39, 0.29) is 17.4 Å². The SMILES string of the molecule is CCO[C@H]1CCCN(C(=O)CCn2ncc(=O)c3ccccc32)C1. The second-order valence-electron chi connectivity index (χ2n) is 6.06. The maximum atomic E-state index is 12.5. The molecular weight excluding hydrogens is 306 g/mol. The molecule has 0 saturated carbocycles. The van der Waals surface area contributed by atoms with Gasteiger partial charge in [0.1, 0.15) is 0 Å². The maximum Gasteiger partial charge on any atom is 0.224 e. The fourth-order valence-electron chi connectivity index (χ4n) is 3.24. The van der Waals surface area contributed by atoms with Gasteiger partial charge in [-0.1, -0.05) is 12.1 Å². The molecule has 24 heavy (non-hydrogen) atoms. The molecule has 1 fully saturated rings. The number of ether oxygens (including phenoxy) is 1. The van der Waals surface area contributed by atoms with Gasteiger partial charge < -0.3 is 9.64 Å². The number of amides is 1. The Bertz CT molecular complexity index is 769. The van der Waals surface area contributed by atoms with Gasteiger partial charge in [0, 0.05) is 31.5 Å². The molecular formula is C18H23N3O3. The van der Waals surface area contributed by atoms with E-state index in [0.29, 0.717) is 31.5 Å². The molecule has 1 aromatic heterocycles. The van der Waals surface area contributed by atoms with Crippen LogP contribution in [0.4, 0.5) is 0 Å². The minimum absolute atomic E-state index is 0.0937. The number of nitrogens with zero attached hydrogens (tertiary/aromatic N) is 3. The second kappa shape index (κ2) is 7.57. The molecule has 1 aliphatic rings. The minimum Gasteiger partial charge on any atom is -0.377 e. The molecule has 128 valence electrons. The zero-order valence-electron chi connectivity index (χ0n) is 14.0. The Morgan fingerprint density at radius 1 is 1.38 bits per heavy atom. The molecule has 0 aliphatic carbocycles. The Morgan fingerprint density at radius 2 is 2.21 bits per heavy atom. The first kappa shape index (κ1) is 16.6. The van der Waals surface area contributed by atoms with Gasteiger partial charge in [0.25, 0.3) is 0 Å². The van der Waals surface area contributed by atoms with Crippen LogP contribution in [0.1, 0.15) is 26.2 Å². The molecule has 0 spiro atoms. The predicted octanol–water partition coefficient (Wildman–Crippen LogP) is 1.81. The van der Waals surface area contributed by atoms with Gasteiger partial charge >= 0.3 is 0 Å². The number of aromatic nitrogens is 2. The van der Waals surface area contributed by atoms with Crippen LogP contribution in [0, 0.1) is 0 Å². The summed E-state index contributed by atoms with van der Waals surface area (Å²) >= 11 is 0. The Labute approximate surface area is 141 Å². The zero-order valence-corrected chi connectivity index (χ0v) is 14.0. The summed E-state index contributed by atoms with van der Waals surface area (Å²) < 4.78 is 7.39. The van der Waals surface area contributed by atoms with Crippen molar-refractivity contribution in [2.45, 2.75) is 38.8 Å². The van der Waals surface area contributed by atoms with Crippen molar-refractivity contribution in [2.24, 2.45) is 0 Å². The van der Waals surface area contributed by atoms with Crippen LogP contribution in [-0.4, -0.2) is 46.4 Å². The van der Waals surface area contributed by atoms with Crippen LogP contribution in [0.15, 0.2) is 35.3 Å². The lowest BCUT2D eigenvalue weighted by Crippen LogP contribution is -2.43. The Balaban J connectivity index is 1.66. The van der Waals surface area contributed by atoms with Crippen LogP contribution < -0.4 is 5.43 Å². The van der Waals surface area contributed by atoms with Gasteiger partial charge in [0.2, 0.25) is 11.3 Å². The lowest BCUT2D eigenvalue weighted by Gasteiger charge is -2.32. The van der Waals surface area contributed by atoms with Crippen LogP contribution in [0.25, 0.3) is 10.9 Å². The number of carbonyl (C=O) groups is 1. The van der Waals surface area contributed by atoms with E-state index in [1.807, 2.05) is 30.0 Å². The Kier molecular flexibility index (Phi) is 5.25. The van der Waals surface area contributed by atoms with Gasteiger partial charge in [-0.3, -0.25) is 14.3 Å². The average Bonchev–Trinajstić information content (AvgIpc) is 2.62. The highest BCUT2D eigenvalue weighted by Crippen LogP contribution is 2.15. The standard InChI is InChI=1S/C18H23N3O3/c1-2-24-14-6-5-10-20(13-14)18(23)9-11-21-16-8-4-3-7-15(16)17(22)12-19-21/h3-4,7-8,12,14H,2,5-6,9-11,13H2,1H3/t14-/m0/s1. The van der Waals surface area contributed by atoms with Gasteiger partial charge in [-0.05, 0) is 31.9 Å². The molecule has 1 aromatic carbocycles. The number of para-hydroxylation sites is 1. The summed E-state index contributed by atoms with van der Waals surface area (Å²) in [7, 11) is 0. The monoisotopic (exact) mass is 329 g/mol. The molecule has 0 unspecified atom stereocenters. The van der Waals surface area contributed by atoms with E-state index in [1.54, 1.807) is 10.7 Å². The van der Waals surface area contributed by atoms with Crippen molar-refractivity contribution < 1.29 is 9.53 Å². The van der Waals surface area contributed by atoms with Crippen molar-refractivity contribution in [1.29, 1.82) is 0 Å². The normalized spacial score (nSPS) is 18.0. The third-order valence-electron chi connectivity index (χ3n) is 4.43. The third-order valence-corrected chi connectivity index (χ3v) is 4.43. The van der Waals surface area contributed by atoms with Gasteiger partial charge in [-0.25, -0.2) is 0 Å². The number of piperidine rings is 1. The average molecular weight is 329 g/mol. The molecule has 0 radical (unpaired) electrons. The molecule has 1 amide bonds. The molecule has 3 rings (SSSR count). The van der Waals surface area contributed by atoms with Crippen molar-refractivity contribution in [2.75, 3.05) is 19.7 Å². The van der Waals surface area contributed by atoms with Gasteiger partial charge in [-0.2, -0.15) is 5.10 Å². The van der Waals surface area contributed by atoms with E-state index < -0.39 is 0 Å². The Hall–Kier alpha value is -2.21. The number of carbonyl (C=O) groups excluding carboxylic acids is 1. The minimum atomic E-state index is -0.0937. The number of fused-ring (bicyclic) bond motifs is 1. The molecule has 0 N–H and O–H groups in total. The van der Waals surface area contributed by atoms with Crippen LogP contribution >= 0.6 is 0 Å². The summed E-state index contributed by atoms with van der Waals surface area (Å²) in [6.45, 7) is 4.59. The van der Waals surface area contributed by atoms with Crippen molar-refractivity contribution in [3.63, 3.8) is 0 Å². The van der Waals surface area contributed by atoms with E-state index in [1.165, 1.54) is 6.20 Å². The molecule has 1 atom stereocenters. The first-order valence-corrected chi connectivity index (χ1v) is 8.53. The van der Waals surface area contributed by atoms with Crippen LogP contribution in [0.5, 0.6) is 0 Å². The molecule has 2 aromatic rings. The second-order valence-corrected chi connectivity index (χ2v) is 6.06. The molecule has 1 aliphatic heterocycles. The number of hydrogen-bond donors (Lipinski definition) is 0.